The lowest BCUT2D eigenvalue weighted by Crippen LogP contribution is -2.14. The highest BCUT2D eigenvalue weighted by molar-refractivity contribution is 5.27. The molecule has 17 heavy (non-hydrogen) atoms. The smallest absolute Gasteiger partial charge is 0.316 e. The van der Waals surface area contributed by atoms with Crippen LogP contribution < -0.4 is 5.32 Å². The Morgan fingerprint density at radius 1 is 1.29 bits per heavy atom. The van der Waals surface area contributed by atoms with Gasteiger partial charge < -0.3 is 5.32 Å². The largest absolute Gasteiger partial charge is 0.416 e. The molecule has 0 spiro atoms. The Morgan fingerprint density at radius 2 is 2.06 bits per heavy atom. The Balaban J connectivity index is 2.20. The molecule has 1 heterocycles. The van der Waals surface area contributed by atoms with Gasteiger partial charge >= 0.3 is 6.18 Å². The minimum Gasteiger partial charge on any atom is -0.316 e. The molecule has 0 saturated carbocycles. The first-order chi connectivity index (χ1) is 7.98. The molecule has 1 aromatic rings. The van der Waals surface area contributed by atoms with Crippen LogP contribution in [0.25, 0.3) is 0 Å². The summed E-state index contributed by atoms with van der Waals surface area (Å²) in [6, 6.07) is 4.54. The van der Waals surface area contributed by atoms with Gasteiger partial charge in [0.1, 0.15) is 6.17 Å². The van der Waals surface area contributed by atoms with Crippen molar-refractivity contribution in [2.75, 3.05) is 13.1 Å². The molecule has 1 aromatic carbocycles. The first-order valence-corrected chi connectivity index (χ1v) is 5.50. The van der Waals surface area contributed by atoms with Crippen LogP contribution in [0.1, 0.15) is 23.7 Å². The van der Waals surface area contributed by atoms with E-state index in [4.69, 9.17) is 0 Å². The third-order valence-electron chi connectivity index (χ3n) is 3.04. The third-order valence-corrected chi connectivity index (χ3v) is 3.04. The van der Waals surface area contributed by atoms with E-state index in [1.54, 1.807) is 0 Å². The molecule has 1 nitrogen and oxygen atoms in total. The maximum atomic E-state index is 14.0. The molecule has 1 aliphatic heterocycles. The van der Waals surface area contributed by atoms with Crippen molar-refractivity contribution in [3.63, 3.8) is 0 Å². The molecule has 1 saturated heterocycles. The monoisotopic (exact) mass is 247 g/mol. The Morgan fingerprint density at radius 3 is 2.65 bits per heavy atom. The van der Waals surface area contributed by atoms with Gasteiger partial charge in [0.25, 0.3) is 0 Å². The number of hydrogen-bond acceptors (Lipinski definition) is 1. The van der Waals surface area contributed by atoms with Crippen LogP contribution in [0.3, 0.4) is 0 Å². The first-order valence-electron chi connectivity index (χ1n) is 5.50. The molecule has 0 aromatic heterocycles. The standard InChI is InChI=1S/C12H13F4N/c13-11(9-4-5-17-7-9)8-2-1-3-10(6-8)12(14,15)16/h1-3,6,9,11,17H,4-5,7H2. The van der Waals surface area contributed by atoms with Gasteiger partial charge in [0.15, 0.2) is 0 Å². The predicted octanol–water partition coefficient (Wildman–Crippen LogP) is 3.33. The second-order valence-corrected chi connectivity index (χ2v) is 4.28. The molecule has 1 N–H and O–H groups in total. The number of halogens is 4. The molecule has 2 rings (SSSR count). The lowest BCUT2D eigenvalue weighted by molar-refractivity contribution is -0.137. The number of alkyl halides is 4. The number of nitrogens with one attached hydrogen (secondary N) is 1. The summed E-state index contributed by atoms with van der Waals surface area (Å²) in [4.78, 5) is 0. The van der Waals surface area contributed by atoms with Gasteiger partial charge in [0.2, 0.25) is 0 Å². The average molecular weight is 247 g/mol. The third kappa shape index (κ3) is 2.77. The van der Waals surface area contributed by atoms with Crippen molar-refractivity contribution < 1.29 is 17.6 Å². The van der Waals surface area contributed by atoms with Crippen LogP contribution in [0.5, 0.6) is 0 Å². The van der Waals surface area contributed by atoms with E-state index in [2.05, 4.69) is 5.32 Å². The summed E-state index contributed by atoms with van der Waals surface area (Å²) < 4.78 is 51.4. The van der Waals surface area contributed by atoms with Crippen LogP contribution in [0.4, 0.5) is 17.6 Å². The van der Waals surface area contributed by atoms with Gasteiger partial charge in [-0.1, -0.05) is 12.1 Å². The highest BCUT2D eigenvalue weighted by Gasteiger charge is 2.32. The molecule has 5 heteroatoms. The predicted molar refractivity (Wildman–Crippen MR) is 56.3 cm³/mol. The lowest BCUT2D eigenvalue weighted by Gasteiger charge is -2.16. The van der Waals surface area contributed by atoms with E-state index in [0.717, 1.165) is 18.7 Å². The van der Waals surface area contributed by atoms with E-state index in [1.165, 1.54) is 12.1 Å². The van der Waals surface area contributed by atoms with Crippen LogP contribution in [0.2, 0.25) is 0 Å². The zero-order valence-corrected chi connectivity index (χ0v) is 9.10. The first kappa shape index (κ1) is 12.4. The van der Waals surface area contributed by atoms with E-state index >= 15 is 0 Å². The van der Waals surface area contributed by atoms with Crippen molar-refractivity contribution in [2.24, 2.45) is 5.92 Å². The minimum absolute atomic E-state index is 0.119. The quantitative estimate of drug-likeness (QED) is 0.790. The summed E-state index contributed by atoms with van der Waals surface area (Å²) in [5, 5.41) is 3.01. The molecule has 2 atom stereocenters. The summed E-state index contributed by atoms with van der Waals surface area (Å²) in [5.41, 5.74) is -0.669. The molecule has 2 unspecified atom stereocenters. The van der Waals surface area contributed by atoms with Gasteiger partial charge in [0.05, 0.1) is 5.56 Å². The second-order valence-electron chi connectivity index (χ2n) is 4.28. The van der Waals surface area contributed by atoms with Gasteiger partial charge in [-0.3, -0.25) is 0 Å². The molecular formula is C12H13F4N. The van der Waals surface area contributed by atoms with Crippen molar-refractivity contribution in [3.8, 4) is 0 Å². The van der Waals surface area contributed by atoms with Gasteiger partial charge in [-0.05, 0) is 30.7 Å². The van der Waals surface area contributed by atoms with Crippen molar-refractivity contribution in [1.29, 1.82) is 0 Å². The summed E-state index contributed by atoms with van der Waals surface area (Å²) >= 11 is 0. The molecule has 0 aliphatic carbocycles. The van der Waals surface area contributed by atoms with Crippen molar-refractivity contribution >= 4 is 0 Å². The van der Waals surface area contributed by atoms with E-state index < -0.39 is 17.9 Å². The van der Waals surface area contributed by atoms with Gasteiger partial charge in [-0.15, -0.1) is 0 Å². The van der Waals surface area contributed by atoms with E-state index in [0.29, 0.717) is 13.0 Å². The summed E-state index contributed by atoms with van der Waals surface area (Å²) in [6.07, 6.45) is -5.08. The van der Waals surface area contributed by atoms with Crippen LogP contribution in [-0.4, -0.2) is 13.1 Å². The fourth-order valence-electron chi connectivity index (χ4n) is 2.09. The Kier molecular flexibility index (Phi) is 3.38. The van der Waals surface area contributed by atoms with Gasteiger partial charge in [-0.25, -0.2) is 4.39 Å². The SMILES string of the molecule is FC(c1cccc(C(F)(F)F)c1)C1CCNC1. The fraction of sp³-hybridized carbons (Fsp3) is 0.500. The molecule has 0 bridgehead atoms. The van der Waals surface area contributed by atoms with Crippen molar-refractivity contribution in [1.82, 2.24) is 5.32 Å². The number of benzene rings is 1. The molecule has 0 amide bonds. The Hall–Kier alpha value is -1.10. The van der Waals surface area contributed by atoms with E-state index in [-0.39, 0.29) is 11.5 Å². The maximum Gasteiger partial charge on any atom is 0.416 e. The summed E-state index contributed by atoms with van der Waals surface area (Å²) in [5.74, 6) is -0.224. The van der Waals surface area contributed by atoms with Crippen molar-refractivity contribution in [2.45, 2.75) is 18.8 Å². The van der Waals surface area contributed by atoms with E-state index in [9.17, 15) is 17.6 Å². The fourth-order valence-corrected chi connectivity index (χ4v) is 2.09. The topological polar surface area (TPSA) is 12.0 Å². The van der Waals surface area contributed by atoms with E-state index in [1.807, 2.05) is 0 Å². The lowest BCUT2D eigenvalue weighted by atomic mass is 9.95. The van der Waals surface area contributed by atoms with Gasteiger partial charge in [-0.2, -0.15) is 13.2 Å². The normalized spacial score (nSPS) is 22.7. The number of rotatable bonds is 2. The van der Waals surface area contributed by atoms with Crippen molar-refractivity contribution in [3.05, 3.63) is 35.4 Å². The zero-order valence-electron chi connectivity index (χ0n) is 9.10. The highest BCUT2D eigenvalue weighted by atomic mass is 19.4. The maximum absolute atomic E-state index is 14.0. The second kappa shape index (κ2) is 4.64. The van der Waals surface area contributed by atoms with Gasteiger partial charge in [0, 0.05) is 12.5 Å². The summed E-state index contributed by atoms with van der Waals surface area (Å²) in [7, 11) is 0. The number of hydrogen-bond donors (Lipinski definition) is 1. The Labute approximate surface area is 96.8 Å². The molecule has 1 fully saturated rings. The Bertz CT molecular complexity index is 382. The van der Waals surface area contributed by atoms with Crippen LogP contribution in [0.15, 0.2) is 24.3 Å². The minimum atomic E-state index is -4.41. The molecule has 0 radical (unpaired) electrons. The zero-order chi connectivity index (χ0) is 12.5. The molecule has 1 aliphatic rings. The molecule has 94 valence electrons. The van der Waals surface area contributed by atoms with Crippen LogP contribution >= 0.6 is 0 Å². The van der Waals surface area contributed by atoms with Crippen LogP contribution in [0, 0.1) is 5.92 Å². The molecular weight excluding hydrogens is 234 g/mol. The highest BCUT2D eigenvalue weighted by Crippen LogP contribution is 2.35. The van der Waals surface area contributed by atoms with Crippen LogP contribution in [-0.2, 0) is 6.18 Å². The average Bonchev–Trinajstić information content (AvgIpc) is 2.80. The summed E-state index contributed by atoms with van der Waals surface area (Å²) in [6.45, 7) is 1.25.